The summed E-state index contributed by atoms with van der Waals surface area (Å²) >= 11 is 1.70. The number of primary sulfonamides is 1. The Morgan fingerprint density at radius 1 is 1.17 bits per heavy atom. The van der Waals surface area contributed by atoms with E-state index in [9.17, 15) is 8.42 Å². The third kappa shape index (κ3) is 3.64. The van der Waals surface area contributed by atoms with Crippen LogP contribution in [0.1, 0.15) is 23.5 Å². The fourth-order valence-electron chi connectivity index (χ4n) is 2.53. The maximum atomic E-state index is 11.3. The van der Waals surface area contributed by atoms with E-state index in [2.05, 4.69) is 22.9 Å². The van der Waals surface area contributed by atoms with Crippen LogP contribution in [-0.4, -0.2) is 25.3 Å². The number of hydrogen-bond donors (Lipinski definition) is 1. The SMILES string of the molecule is CC(c1ccc(S(N)(=O)=O)cc1)N(C)Cc1nc2ccccc2s1. The predicted molar refractivity (Wildman–Crippen MR) is 97.3 cm³/mol. The second-order valence-corrected chi connectivity index (χ2v) is 8.46. The molecule has 1 aromatic heterocycles. The summed E-state index contributed by atoms with van der Waals surface area (Å²) in [6.45, 7) is 2.82. The molecular weight excluding hydrogens is 342 g/mol. The van der Waals surface area contributed by atoms with Crippen LogP contribution in [0.15, 0.2) is 53.4 Å². The number of sulfonamides is 1. The molecular formula is C17H19N3O2S2. The Hall–Kier alpha value is -1.80. The van der Waals surface area contributed by atoms with Crippen molar-refractivity contribution in [1.82, 2.24) is 9.88 Å². The van der Waals surface area contributed by atoms with Crippen molar-refractivity contribution in [3.05, 3.63) is 59.1 Å². The lowest BCUT2D eigenvalue weighted by Gasteiger charge is -2.24. The van der Waals surface area contributed by atoms with Gasteiger partial charge in [-0.15, -0.1) is 11.3 Å². The van der Waals surface area contributed by atoms with Crippen LogP contribution in [0.5, 0.6) is 0 Å². The van der Waals surface area contributed by atoms with E-state index in [1.54, 1.807) is 35.6 Å². The third-order valence-electron chi connectivity index (χ3n) is 4.08. The fourth-order valence-corrected chi connectivity index (χ4v) is 4.07. The molecule has 0 bridgehead atoms. The first-order chi connectivity index (χ1) is 11.3. The summed E-state index contributed by atoms with van der Waals surface area (Å²) in [5.41, 5.74) is 2.06. The van der Waals surface area contributed by atoms with Gasteiger partial charge in [-0.3, -0.25) is 4.90 Å². The monoisotopic (exact) mass is 361 g/mol. The van der Waals surface area contributed by atoms with Gasteiger partial charge in [-0.1, -0.05) is 24.3 Å². The van der Waals surface area contributed by atoms with E-state index in [0.717, 1.165) is 22.6 Å². The summed E-state index contributed by atoms with van der Waals surface area (Å²) in [5.74, 6) is 0. The molecule has 1 unspecified atom stereocenters. The molecule has 5 nitrogen and oxygen atoms in total. The summed E-state index contributed by atoms with van der Waals surface area (Å²) in [6, 6.07) is 14.9. The highest BCUT2D eigenvalue weighted by Crippen LogP contribution is 2.26. The summed E-state index contributed by atoms with van der Waals surface area (Å²) in [6.07, 6.45) is 0. The van der Waals surface area contributed by atoms with Crippen molar-refractivity contribution in [3.8, 4) is 0 Å². The molecule has 0 fully saturated rings. The van der Waals surface area contributed by atoms with Gasteiger partial charge in [0, 0.05) is 6.04 Å². The third-order valence-corrected chi connectivity index (χ3v) is 6.03. The average Bonchev–Trinajstić information content (AvgIpc) is 2.95. The molecule has 0 spiro atoms. The number of hydrogen-bond acceptors (Lipinski definition) is 5. The number of fused-ring (bicyclic) bond motifs is 1. The van der Waals surface area contributed by atoms with Gasteiger partial charge in [0.1, 0.15) is 5.01 Å². The Bertz CT molecular complexity index is 916. The van der Waals surface area contributed by atoms with Gasteiger partial charge in [-0.25, -0.2) is 18.5 Å². The van der Waals surface area contributed by atoms with Gasteiger partial charge >= 0.3 is 0 Å². The number of nitrogens with two attached hydrogens (primary N) is 1. The molecule has 0 saturated heterocycles. The molecule has 2 aromatic carbocycles. The van der Waals surface area contributed by atoms with E-state index >= 15 is 0 Å². The molecule has 3 aromatic rings. The van der Waals surface area contributed by atoms with Crippen LogP contribution in [0, 0.1) is 0 Å². The lowest BCUT2D eigenvalue weighted by molar-refractivity contribution is 0.253. The quantitative estimate of drug-likeness (QED) is 0.757. The fraction of sp³-hybridized carbons (Fsp3) is 0.235. The standard InChI is InChI=1S/C17H19N3O2S2/c1-12(13-7-9-14(10-8-13)24(18,21)22)20(2)11-17-19-15-5-3-4-6-16(15)23-17/h3-10,12H,11H2,1-2H3,(H2,18,21,22). The predicted octanol–water partition coefficient (Wildman–Crippen LogP) is 3.14. The van der Waals surface area contributed by atoms with Gasteiger partial charge in [0.05, 0.1) is 21.7 Å². The lowest BCUT2D eigenvalue weighted by atomic mass is 10.1. The summed E-state index contributed by atoms with van der Waals surface area (Å²) in [4.78, 5) is 6.97. The van der Waals surface area contributed by atoms with Crippen LogP contribution in [0.2, 0.25) is 0 Å². The molecule has 0 radical (unpaired) electrons. The van der Waals surface area contributed by atoms with Crippen molar-refractivity contribution in [3.63, 3.8) is 0 Å². The van der Waals surface area contributed by atoms with E-state index in [1.165, 1.54) is 4.70 Å². The van der Waals surface area contributed by atoms with Gasteiger partial charge in [-0.2, -0.15) is 0 Å². The van der Waals surface area contributed by atoms with Gasteiger partial charge < -0.3 is 0 Å². The number of thiazole rings is 1. The first-order valence-corrected chi connectivity index (χ1v) is 9.88. The summed E-state index contributed by atoms with van der Waals surface area (Å²) in [5, 5.41) is 6.20. The van der Waals surface area contributed by atoms with Crippen molar-refractivity contribution < 1.29 is 8.42 Å². The van der Waals surface area contributed by atoms with Gasteiger partial charge in [-0.05, 0) is 43.8 Å². The average molecular weight is 361 g/mol. The number of benzene rings is 2. The highest BCUT2D eigenvalue weighted by molar-refractivity contribution is 7.89. The van der Waals surface area contributed by atoms with Gasteiger partial charge in [0.15, 0.2) is 0 Å². The lowest BCUT2D eigenvalue weighted by Crippen LogP contribution is -2.22. The normalized spacial score (nSPS) is 13.5. The van der Waals surface area contributed by atoms with Gasteiger partial charge in [0.2, 0.25) is 10.0 Å². The minimum absolute atomic E-state index is 0.131. The Morgan fingerprint density at radius 3 is 2.46 bits per heavy atom. The minimum Gasteiger partial charge on any atom is -0.293 e. The van der Waals surface area contributed by atoms with Crippen molar-refractivity contribution in [2.75, 3.05) is 7.05 Å². The van der Waals surface area contributed by atoms with Crippen molar-refractivity contribution in [2.24, 2.45) is 5.14 Å². The molecule has 24 heavy (non-hydrogen) atoms. The molecule has 3 rings (SSSR count). The van der Waals surface area contributed by atoms with Crippen LogP contribution >= 0.6 is 11.3 Å². The molecule has 1 heterocycles. The zero-order valence-corrected chi connectivity index (χ0v) is 15.1. The number of para-hydroxylation sites is 1. The van der Waals surface area contributed by atoms with Crippen LogP contribution in [-0.2, 0) is 16.6 Å². The molecule has 0 amide bonds. The topological polar surface area (TPSA) is 76.3 Å². The maximum Gasteiger partial charge on any atom is 0.238 e. The Morgan fingerprint density at radius 2 is 1.83 bits per heavy atom. The van der Waals surface area contributed by atoms with Crippen molar-refractivity contribution in [2.45, 2.75) is 24.4 Å². The Balaban J connectivity index is 1.75. The zero-order valence-electron chi connectivity index (χ0n) is 13.5. The van der Waals surface area contributed by atoms with Crippen molar-refractivity contribution in [1.29, 1.82) is 0 Å². The maximum absolute atomic E-state index is 11.3. The number of nitrogens with zero attached hydrogens (tertiary/aromatic N) is 2. The number of aromatic nitrogens is 1. The molecule has 0 aliphatic heterocycles. The first kappa shape index (κ1) is 17.0. The van der Waals surface area contributed by atoms with Gasteiger partial charge in [0.25, 0.3) is 0 Å². The molecule has 1 atom stereocenters. The highest BCUT2D eigenvalue weighted by Gasteiger charge is 2.15. The zero-order chi connectivity index (χ0) is 17.3. The van der Waals surface area contributed by atoms with E-state index in [1.807, 2.05) is 25.2 Å². The molecule has 0 aliphatic carbocycles. The number of rotatable bonds is 5. The van der Waals surface area contributed by atoms with Crippen molar-refractivity contribution >= 4 is 31.6 Å². The molecule has 0 saturated carbocycles. The molecule has 126 valence electrons. The largest absolute Gasteiger partial charge is 0.293 e. The van der Waals surface area contributed by atoms with E-state index < -0.39 is 10.0 Å². The van der Waals surface area contributed by atoms with Crippen LogP contribution in [0.4, 0.5) is 0 Å². The second-order valence-electron chi connectivity index (χ2n) is 5.78. The van der Waals surface area contributed by atoms with Crippen LogP contribution < -0.4 is 5.14 Å². The van der Waals surface area contributed by atoms with E-state index in [0.29, 0.717) is 0 Å². The van der Waals surface area contributed by atoms with Crippen LogP contribution in [0.3, 0.4) is 0 Å². The summed E-state index contributed by atoms with van der Waals surface area (Å²) in [7, 11) is -1.62. The van der Waals surface area contributed by atoms with Crippen LogP contribution in [0.25, 0.3) is 10.2 Å². The second kappa shape index (κ2) is 6.60. The molecule has 7 heteroatoms. The molecule has 2 N–H and O–H groups in total. The minimum atomic E-state index is -3.65. The van der Waals surface area contributed by atoms with E-state index in [-0.39, 0.29) is 10.9 Å². The Kier molecular flexibility index (Phi) is 4.69. The first-order valence-electron chi connectivity index (χ1n) is 7.52. The Labute approximate surface area is 145 Å². The molecule has 0 aliphatic rings. The smallest absolute Gasteiger partial charge is 0.238 e. The summed E-state index contributed by atoms with van der Waals surface area (Å²) < 4.78 is 23.9. The van der Waals surface area contributed by atoms with E-state index in [4.69, 9.17) is 5.14 Å². The highest BCUT2D eigenvalue weighted by atomic mass is 32.2.